The molecule has 0 spiro atoms. The molecule has 1 aromatic carbocycles. The van der Waals surface area contributed by atoms with E-state index in [2.05, 4.69) is 26.0 Å². The van der Waals surface area contributed by atoms with E-state index < -0.39 is 0 Å². The highest BCUT2D eigenvalue weighted by molar-refractivity contribution is 5.77. The van der Waals surface area contributed by atoms with Gasteiger partial charge in [0.05, 0.1) is 13.2 Å². The average molecular weight is 289 g/mol. The summed E-state index contributed by atoms with van der Waals surface area (Å²) in [6.07, 6.45) is 5.30. The van der Waals surface area contributed by atoms with Crippen LogP contribution >= 0.6 is 0 Å². The molecule has 0 aliphatic carbocycles. The largest absolute Gasteiger partial charge is 0.504 e. The first kappa shape index (κ1) is 15.4. The van der Waals surface area contributed by atoms with Gasteiger partial charge in [-0.3, -0.25) is 4.79 Å². The normalized spacial score (nSPS) is 17.5. The minimum atomic E-state index is 0.121. The van der Waals surface area contributed by atoms with Crippen molar-refractivity contribution in [1.29, 1.82) is 0 Å². The summed E-state index contributed by atoms with van der Waals surface area (Å²) < 4.78 is 5.09. The molecule has 0 radical (unpaired) electrons. The molecule has 1 N–H and O–H groups in total. The fourth-order valence-electron chi connectivity index (χ4n) is 2.66. The molecule has 1 heterocycles. The summed E-state index contributed by atoms with van der Waals surface area (Å²) in [7, 11) is 1.52. The highest BCUT2D eigenvalue weighted by Gasteiger charge is 2.26. The van der Waals surface area contributed by atoms with E-state index in [1.165, 1.54) is 7.11 Å². The second-order valence-electron chi connectivity index (χ2n) is 5.72. The number of aromatic hydroxyl groups is 1. The van der Waals surface area contributed by atoms with Gasteiger partial charge in [0.2, 0.25) is 5.91 Å². The molecule has 21 heavy (non-hydrogen) atoms. The fourth-order valence-corrected chi connectivity index (χ4v) is 2.66. The second-order valence-corrected chi connectivity index (χ2v) is 5.72. The molecule has 0 saturated carbocycles. The van der Waals surface area contributed by atoms with E-state index in [0.717, 1.165) is 5.56 Å². The zero-order chi connectivity index (χ0) is 15.4. The molecular formula is C17H23NO3. The average Bonchev–Trinajstić information content (AvgIpc) is 2.95. The Balaban J connectivity index is 1.95. The Kier molecular flexibility index (Phi) is 4.89. The van der Waals surface area contributed by atoms with Crippen LogP contribution < -0.4 is 4.74 Å². The first-order valence-electron chi connectivity index (χ1n) is 7.35. The predicted molar refractivity (Wildman–Crippen MR) is 82.5 cm³/mol. The lowest BCUT2D eigenvalue weighted by Gasteiger charge is -2.27. The van der Waals surface area contributed by atoms with Gasteiger partial charge in [-0.15, -0.1) is 0 Å². The molecule has 0 bridgehead atoms. The number of carbonyl (C=O) groups excluding carboxylic acids is 1. The van der Waals surface area contributed by atoms with Crippen LogP contribution in [0.15, 0.2) is 30.4 Å². The van der Waals surface area contributed by atoms with Crippen molar-refractivity contribution in [1.82, 2.24) is 4.90 Å². The second kappa shape index (κ2) is 6.66. The van der Waals surface area contributed by atoms with Crippen molar-refractivity contribution in [2.75, 3.05) is 13.7 Å². The number of ether oxygens (including phenoxy) is 1. The van der Waals surface area contributed by atoms with E-state index in [9.17, 15) is 9.90 Å². The van der Waals surface area contributed by atoms with Crippen molar-refractivity contribution in [3.8, 4) is 11.5 Å². The number of benzene rings is 1. The number of rotatable bonds is 5. The summed E-state index contributed by atoms with van der Waals surface area (Å²) in [5.74, 6) is 1.17. The highest BCUT2D eigenvalue weighted by Crippen LogP contribution is 2.27. The van der Waals surface area contributed by atoms with Crippen molar-refractivity contribution >= 4 is 5.91 Å². The van der Waals surface area contributed by atoms with Gasteiger partial charge in [-0.2, -0.15) is 0 Å². The lowest BCUT2D eigenvalue weighted by molar-refractivity contribution is -0.132. The molecule has 1 aliphatic heterocycles. The first-order chi connectivity index (χ1) is 10.0. The van der Waals surface area contributed by atoms with E-state index in [1.807, 2.05) is 11.0 Å². The number of hydrogen-bond donors (Lipinski definition) is 1. The monoisotopic (exact) mass is 289 g/mol. The Morgan fingerprint density at radius 3 is 2.90 bits per heavy atom. The molecule has 0 saturated heterocycles. The van der Waals surface area contributed by atoms with E-state index in [-0.39, 0.29) is 17.7 Å². The van der Waals surface area contributed by atoms with Crippen LogP contribution in [0.2, 0.25) is 0 Å². The van der Waals surface area contributed by atoms with Crippen molar-refractivity contribution in [2.45, 2.75) is 32.7 Å². The number of phenols is 1. The topological polar surface area (TPSA) is 49.8 Å². The fraction of sp³-hybridized carbons (Fsp3) is 0.471. The Labute approximate surface area is 126 Å². The van der Waals surface area contributed by atoms with Crippen LogP contribution in [0.1, 0.15) is 25.8 Å². The van der Waals surface area contributed by atoms with Crippen LogP contribution in [0.5, 0.6) is 11.5 Å². The maximum absolute atomic E-state index is 12.4. The van der Waals surface area contributed by atoms with E-state index in [1.54, 1.807) is 12.1 Å². The summed E-state index contributed by atoms with van der Waals surface area (Å²) in [6.45, 7) is 4.97. The number of nitrogens with zero attached hydrogens (tertiary/aromatic N) is 1. The molecule has 4 heteroatoms. The lowest BCUT2D eigenvalue weighted by atomic mass is 10.0. The smallest absolute Gasteiger partial charge is 0.223 e. The van der Waals surface area contributed by atoms with Gasteiger partial charge in [0.25, 0.3) is 0 Å². The summed E-state index contributed by atoms with van der Waals surface area (Å²) >= 11 is 0. The van der Waals surface area contributed by atoms with E-state index >= 15 is 0 Å². The predicted octanol–water partition coefficient (Wildman–Crippen LogP) is 2.76. The van der Waals surface area contributed by atoms with Gasteiger partial charge in [-0.05, 0) is 30.0 Å². The van der Waals surface area contributed by atoms with Crippen molar-refractivity contribution in [2.24, 2.45) is 5.92 Å². The molecule has 0 fully saturated rings. The summed E-state index contributed by atoms with van der Waals surface area (Å²) in [5.41, 5.74) is 0.992. The molecule has 1 atom stereocenters. The molecule has 2 rings (SSSR count). The molecule has 1 aliphatic rings. The van der Waals surface area contributed by atoms with Crippen LogP contribution in [0.3, 0.4) is 0 Å². The van der Waals surface area contributed by atoms with Gasteiger partial charge in [0.1, 0.15) is 0 Å². The van der Waals surface area contributed by atoms with Gasteiger partial charge in [0, 0.05) is 13.0 Å². The van der Waals surface area contributed by atoms with E-state index in [0.29, 0.717) is 31.1 Å². The Bertz CT molecular complexity index is 537. The Morgan fingerprint density at radius 2 is 2.24 bits per heavy atom. The minimum Gasteiger partial charge on any atom is -0.504 e. The van der Waals surface area contributed by atoms with Gasteiger partial charge in [-0.25, -0.2) is 0 Å². The molecule has 0 aromatic heterocycles. The Morgan fingerprint density at radius 1 is 1.48 bits per heavy atom. The quantitative estimate of drug-likeness (QED) is 0.848. The van der Waals surface area contributed by atoms with Crippen LogP contribution in [0, 0.1) is 5.92 Å². The Hall–Kier alpha value is -1.97. The lowest BCUT2D eigenvalue weighted by Crippen LogP contribution is -2.39. The van der Waals surface area contributed by atoms with Gasteiger partial charge >= 0.3 is 0 Å². The molecule has 4 nitrogen and oxygen atoms in total. The van der Waals surface area contributed by atoms with Crippen LogP contribution in [0.25, 0.3) is 0 Å². The summed E-state index contributed by atoms with van der Waals surface area (Å²) in [5, 5.41) is 9.57. The SMILES string of the molecule is COc1cc(CCC(=O)N2CC=CC2C(C)C)ccc1O. The molecule has 1 aromatic rings. The third kappa shape index (κ3) is 3.57. The van der Waals surface area contributed by atoms with Crippen LogP contribution in [-0.4, -0.2) is 35.6 Å². The minimum absolute atomic E-state index is 0.121. The molecule has 1 amide bonds. The van der Waals surface area contributed by atoms with E-state index in [4.69, 9.17) is 4.74 Å². The van der Waals surface area contributed by atoms with Gasteiger partial charge in [0.15, 0.2) is 11.5 Å². The highest BCUT2D eigenvalue weighted by atomic mass is 16.5. The third-order valence-corrected chi connectivity index (χ3v) is 3.87. The zero-order valence-electron chi connectivity index (χ0n) is 12.9. The van der Waals surface area contributed by atoms with Crippen LogP contribution in [-0.2, 0) is 11.2 Å². The van der Waals surface area contributed by atoms with Crippen molar-refractivity contribution in [3.05, 3.63) is 35.9 Å². The maximum atomic E-state index is 12.4. The zero-order valence-corrected chi connectivity index (χ0v) is 12.9. The van der Waals surface area contributed by atoms with Crippen molar-refractivity contribution < 1.29 is 14.6 Å². The number of aryl methyl sites for hydroxylation is 1. The number of phenolic OH excluding ortho intramolecular Hbond substituents is 1. The van der Waals surface area contributed by atoms with Crippen LogP contribution in [0.4, 0.5) is 0 Å². The maximum Gasteiger partial charge on any atom is 0.223 e. The first-order valence-corrected chi connectivity index (χ1v) is 7.35. The molecular weight excluding hydrogens is 266 g/mol. The summed E-state index contributed by atoms with van der Waals surface area (Å²) in [4.78, 5) is 14.3. The van der Waals surface area contributed by atoms with Gasteiger partial charge < -0.3 is 14.7 Å². The number of methoxy groups -OCH3 is 1. The molecule has 114 valence electrons. The number of hydrogen-bond acceptors (Lipinski definition) is 3. The third-order valence-electron chi connectivity index (χ3n) is 3.87. The number of amides is 1. The van der Waals surface area contributed by atoms with Crippen molar-refractivity contribution in [3.63, 3.8) is 0 Å². The number of carbonyl (C=O) groups is 1. The standard InChI is InChI=1S/C17H23NO3/c1-12(2)14-5-4-10-18(14)17(20)9-7-13-6-8-15(19)16(11-13)21-3/h4-6,8,11-12,14,19H,7,9-10H2,1-3H3. The summed E-state index contributed by atoms with van der Waals surface area (Å²) in [6, 6.07) is 5.43. The van der Waals surface area contributed by atoms with Gasteiger partial charge in [-0.1, -0.05) is 32.1 Å². The molecule has 1 unspecified atom stereocenters.